The Bertz CT molecular complexity index is 828. The standard InChI is InChI=1S/C23H29N3O3/c1-3-29-23(28)26-14-12-21(13-15-26)24-19-8-10-20(11-9-19)25-22(27)16-18-7-5-4-6-17(18)2/h4-11,21,24H,3,12-16H2,1-2H3,(H,25,27). The second-order valence-electron chi connectivity index (χ2n) is 7.33. The highest BCUT2D eigenvalue weighted by Gasteiger charge is 2.23. The zero-order valence-electron chi connectivity index (χ0n) is 17.1. The minimum Gasteiger partial charge on any atom is -0.450 e. The smallest absolute Gasteiger partial charge is 0.409 e. The highest BCUT2D eigenvalue weighted by molar-refractivity contribution is 5.92. The largest absolute Gasteiger partial charge is 0.450 e. The minimum atomic E-state index is -0.225. The number of carbonyl (C=O) groups is 2. The fraction of sp³-hybridized carbons (Fsp3) is 0.391. The molecule has 29 heavy (non-hydrogen) atoms. The average molecular weight is 396 g/mol. The number of piperidine rings is 1. The molecule has 0 radical (unpaired) electrons. The number of ether oxygens (including phenoxy) is 1. The number of hydrogen-bond acceptors (Lipinski definition) is 4. The Hall–Kier alpha value is -3.02. The topological polar surface area (TPSA) is 70.7 Å². The molecule has 0 bridgehead atoms. The molecule has 2 aromatic rings. The minimum absolute atomic E-state index is 0.0219. The molecule has 1 aliphatic rings. The van der Waals surface area contributed by atoms with Crippen molar-refractivity contribution in [1.29, 1.82) is 0 Å². The van der Waals surface area contributed by atoms with Crippen molar-refractivity contribution in [2.75, 3.05) is 30.3 Å². The van der Waals surface area contributed by atoms with E-state index >= 15 is 0 Å². The number of amides is 2. The number of nitrogens with one attached hydrogen (secondary N) is 2. The number of anilines is 2. The molecule has 0 unspecified atom stereocenters. The number of rotatable bonds is 6. The molecule has 0 atom stereocenters. The fourth-order valence-corrected chi connectivity index (χ4v) is 3.49. The van der Waals surface area contributed by atoms with Crippen molar-refractivity contribution in [3.63, 3.8) is 0 Å². The highest BCUT2D eigenvalue weighted by atomic mass is 16.6. The van der Waals surface area contributed by atoms with E-state index < -0.39 is 0 Å². The van der Waals surface area contributed by atoms with Gasteiger partial charge in [-0.15, -0.1) is 0 Å². The molecule has 2 aromatic carbocycles. The number of nitrogens with zero attached hydrogens (tertiary/aromatic N) is 1. The van der Waals surface area contributed by atoms with Crippen molar-refractivity contribution in [3.05, 3.63) is 59.7 Å². The van der Waals surface area contributed by atoms with E-state index in [2.05, 4.69) is 10.6 Å². The SMILES string of the molecule is CCOC(=O)N1CCC(Nc2ccc(NC(=O)Cc3ccccc3C)cc2)CC1. The van der Waals surface area contributed by atoms with Gasteiger partial charge in [-0.3, -0.25) is 4.79 Å². The van der Waals surface area contributed by atoms with Gasteiger partial charge in [-0.2, -0.15) is 0 Å². The summed E-state index contributed by atoms with van der Waals surface area (Å²) in [6.45, 7) is 5.64. The van der Waals surface area contributed by atoms with E-state index in [0.29, 0.717) is 32.2 Å². The number of likely N-dealkylation sites (tertiary alicyclic amines) is 1. The molecule has 0 spiro atoms. The Labute approximate surface area is 172 Å². The molecule has 0 aromatic heterocycles. The molecule has 2 N–H and O–H groups in total. The lowest BCUT2D eigenvalue weighted by Gasteiger charge is -2.32. The van der Waals surface area contributed by atoms with Gasteiger partial charge < -0.3 is 20.3 Å². The maximum absolute atomic E-state index is 12.3. The van der Waals surface area contributed by atoms with Crippen molar-refractivity contribution in [1.82, 2.24) is 4.90 Å². The maximum atomic E-state index is 12.3. The summed E-state index contributed by atoms with van der Waals surface area (Å²) in [5, 5.41) is 6.46. The van der Waals surface area contributed by atoms with Crippen LogP contribution in [0.25, 0.3) is 0 Å². The first kappa shape index (κ1) is 20.7. The van der Waals surface area contributed by atoms with Crippen LogP contribution in [0.15, 0.2) is 48.5 Å². The van der Waals surface area contributed by atoms with Crippen LogP contribution >= 0.6 is 0 Å². The highest BCUT2D eigenvalue weighted by Crippen LogP contribution is 2.19. The van der Waals surface area contributed by atoms with Crippen LogP contribution in [-0.4, -0.2) is 42.6 Å². The summed E-state index contributed by atoms with van der Waals surface area (Å²) < 4.78 is 5.06. The lowest BCUT2D eigenvalue weighted by molar-refractivity contribution is -0.115. The third-order valence-corrected chi connectivity index (χ3v) is 5.17. The van der Waals surface area contributed by atoms with Gasteiger partial charge in [0.2, 0.25) is 5.91 Å². The Morgan fingerprint density at radius 2 is 1.69 bits per heavy atom. The van der Waals surface area contributed by atoms with Crippen molar-refractivity contribution in [2.24, 2.45) is 0 Å². The summed E-state index contributed by atoms with van der Waals surface area (Å²) in [6, 6.07) is 16.0. The molecule has 6 heteroatoms. The van der Waals surface area contributed by atoms with E-state index in [0.717, 1.165) is 35.3 Å². The molecule has 1 fully saturated rings. The molecule has 1 heterocycles. The molecular weight excluding hydrogens is 366 g/mol. The number of hydrogen-bond donors (Lipinski definition) is 2. The van der Waals surface area contributed by atoms with Gasteiger partial charge in [0.05, 0.1) is 13.0 Å². The molecule has 154 valence electrons. The van der Waals surface area contributed by atoms with Gasteiger partial charge in [-0.1, -0.05) is 24.3 Å². The third-order valence-electron chi connectivity index (χ3n) is 5.17. The molecule has 6 nitrogen and oxygen atoms in total. The van der Waals surface area contributed by atoms with Crippen LogP contribution in [-0.2, 0) is 16.0 Å². The molecule has 2 amide bonds. The lowest BCUT2D eigenvalue weighted by Crippen LogP contribution is -2.42. The van der Waals surface area contributed by atoms with Crippen LogP contribution < -0.4 is 10.6 Å². The summed E-state index contributed by atoms with van der Waals surface area (Å²) >= 11 is 0. The molecule has 0 saturated carbocycles. The summed E-state index contributed by atoms with van der Waals surface area (Å²) in [4.78, 5) is 25.8. The fourth-order valence-electron chi connectivity index (χ4n) is 3.49. The molecule has 1 aliphatic heterocycles. The summed E-state index contributed by atoms with van der Waals surface area (Å²) in [5.41, 5.74) is 3.96. The second-order valence-corrected chi connectivity index (χ2v) is 7.33. The van der Waals surface area contributed by atoms with E-state index in [-0.39, 0.29) is 12.0 Å². The van der Waals surface area contributed by atoms with Crippen molar-refractivity contribution >= 4 is 23.4 Å². The van der Waals surface area contributed by atoms with Gasteiger partial charge in [-0.25, -0.2) is 4.79 Å². The van der Waals surface area contributed by atoms with Gasteiger partial charge in [0, 0.05) is 30.5 Å². The van der Waals surface area contributed by atoms with E-state index in [1.807, 2.05) is 62.4 Å². The normalized spacial score (nSPS) is 14.3. The Kier molecular flexibility index (Phi) is 7.11. The van der Waals surface area contributed by atoms with Gasteiger partial charge in [0.15, 0.2) is 0 Å². The zero-order chi connectivity index (χ0) is 20.6. The number of benzene rings is 2. The van der Waals surface area contributed by atoms with E-state index in [1.54, 1.807) is 4.90 Å². The molecule has 3 rings (SSSR count). The van der Waals surface area contributed by atoms with E-state index in [4.69, 9.17) is 4.74 Å². The van der Waals surface area contributed by atoms with E-state index in [1.165, 1.54) is 0 Å². The Morgan fingerprint density at radius 3 is 2.34 bits per heavy atom. The van der Waals surface area contributed by atoms with Gasteiger partial charge in [0.1, 0.15) is 0 Å². The molecular formula is C23H29N3O3. The Morgan fingerprint density at radius 1 is 1.03 bits per heavy atom. The monoisotopic (exact) mass is 395 g/mol. The summed E-state index contributed by atoms with van der Waals surface area (Å²) in [7, 11) is 0. The van der Waals surface area contributed by atoms with Gasteiger partial charge in [0.25, 0.3) is 0 Å². The third kappa shape index (κ3) is 5.98. The first-order valence-electron chi connectivity index (χ1n) is 10.2. The van der Waals surface area contributed by atoms with Crippen LogP contribution in [0.1, 0.15) is 30.9 Å². The van der Waals surface area contributed by atoms with Crippen LogP contribution in [0.2, 0.25) is 0 Å². The lowest BCUT2D eigenvalue weighted by atomic mass is 10.0. The number of aryl methyl sites for hydroxylation is 1. The van der Waals surface area contributed by atoms with Gasteiger partial charge in [-0.05, 0) is 62.1 Å². The van der Waals surface area contributed by atoms with E-state index in [9.17, 15) is 9.59 Å². The van der Waals surface area contributed by atoms with Gasteiger partial charge >= 0.3 is 6.09 Å². The summed E-state index contributed by atoms with van der Waals surface area (Å²) in [6.07, 6.45) is 1.91. The van der Waals surface area contributed by atoms with Crippen molar-refractivity contribution in [2.45, 2.75) is 39.2 Å². The molecule has 1 saturated heterocycles. The Balaban J connectivity index is 1.46. The quantitative estimate of drug-likeness (QED) is 0.769. The second kappa shape index (κ2) is 9.96. The molecule has 0 aliphatic carbocycles. The number of carbonyl (C=O) groups excluding carboxylic acids is 2. The van der Waals surface area contributed by atoms with Crippen LogP contribution in [0, 0.1) is 6.92 Å². The predicted molar refractivity (Wildman–Crippen MR) is 115 cm³/mol. The van der Waals surface area contributed by atoms with Crippen LogP contribution in [0.4, 0.5) is 16.2 Å². The van der Waals surface area contributed by atoms with Crippen LogP contribution in [0.3, 0.4) is 0 Å². The summed E-state index contributed by atoms with van der Waals surface area (Å²) in [5.74, 6) is -0.0219. The maximum Gasteiger partial charge on any atom is 0.409 e. The predicted octanol–water partition coefficient (Wildman–Crippen LogP) is 4.21. The first-order chi connectivity index (χ1) is 14.0. The van der Waals surface area contributed by atoms with Crippen LogP contribution in [0.5, 0.6) is 0 Å². The average Bonchev–Trinajstić information content (AvgIpc) is 2.72. The first-order valence-corrected chi connectivity index (χ1v) is 10.2. The van der Waals surface area contributed by atoms with Crippen molar-refractivity contribution < 1.29 is 14.3 Å². The zero-order valence-corrected chi connectivity index (χ0v) is 17.1. The van der Waals surface area contributed by atoms with Crippen molar-refractivity contribution in [3.8, 4) is 0 Å².